The summed E-state index contributed by atoms with van der Waals surface area (Å²) >= 11 is 6.05. The number of hydrogen-bond donors (Lipinski definition) is 2. The molecule has 2 aliphatic rings. The van der Waals surface area contributed by atoms with Gasteiger partial charge in [0.1, 0.15) is 6.54 Å². The fourth-order valence-corrected chi connectivity index (χ4v) is 4.00. The molecule has 1 aromatic rings. The molecule has 120 valence electrons. The summed E-state index contributed by atoms with van der Waals surface area (Å²) in [4.78, 5) is 13.9. The van der Waals surface area contributed by atoms with E-state index in [1.807, 2.05) is 18.2 Å². The van der Waals surface area contributed by atoms with Crippen molar-refractivity contribution in [1.82, 2.24) is 5.32 Å². The number of halogens is 1. The predicted molar refractivity (Wildman–Crippen MR) is 89.0 cm³/mol. The standard InChI is InChI=1S/C18H25ClN2O/c19-16-5-3-4-14(12-16)13-21-10-8-15(9-11-21)18(22)20-17-6-1-2-7-17/h3-5,12,15,17H,1-2,6-11,13H2,(H,20,22)/p+1. The van der Waals surface area contributed by atoms with Gasteiger partial charge in [0.2, 0.25) is 5.91 Å². The Morgan fingerprint density at radius 2 is 1.91 bits per heavy atom. The number of likely N-dealkylation sites (tertiary alicyclic amines) is 1. The molecule has 3 nitrogen and oxygen atoms in total. The largest absolute Gasteiger partial charge is 0.353 e. The van der Waals surface area contributed by atoms with E-state index in [9.17, 15) is 4.79 Å². The summed E-state index contributed by atoms with van der Waals surface area (Å²) in [7, 11) is 0. The zero-order valence-corrected chi connectivity index (χ0v) is 13.9. The Bertz CT molecular complexity index is 506. The number of piperidine rings is 1. The van der Waals surface area contributed by atoms with Crippen molar-refractivity contribution in [2.45, 2.75) is 51.1 Å². The van der Waals surface area contributed by atoms with Crippen LogP contribution in [0.25, 0.3) is 0 Å². The van der Waals surface area contributed by atoms with E-state index in [1.165, 1.54) is 31.2 Å². The summed E-state index contributed by atoms with van der Waals surface area (Å²) in [5.74, 6) is 0.525. The molecule has 4 heteroatoms. The molecular formula is C18H26ClN2O+. The molecule has 1 saturated carbocycles. The van der Waals surface area contributed by atoms with Crippen LogP contribution in [-0.2, 0) is 11.3 Å². The van der Waals surface area contributed by atoms with E-state index in [-0.39, 0.29) is 5.92 Å². The van der Waals surface area contributed by atoms with Gasteiger partial charge in [0.05, 0.1) is 13.1 Å². The summed E-state index contributed by atoms with van der Waals surface area (Å²) in [6, 6.07) is 8.56. The number of carbonyl (C=O) groups excluding carboxylic acids is 1. The van der Waals surface area contributed by atoms with E-state index in [4.69, 9.17) is 11.6 Å². The molecule has 3 rings (SSSR count). The van der Waals surface area contributed by atoms with Gasteiger partial charge in [-0.15, -0.1) is 0 Å². The monoisotopic (exact) mass is 321 g/mol. The highest BCUT2D eigenvalue weighted by atomic mass is 35.5. The molecule has 1 aromatic carbocycles. The Labute approximate surface area is 138 Å². The van der Waals surface area contributed by atoms with Gasteiger partial charge in [-0.1, -0.05) is 36.6 Å². The average molecular weight is 322 g/mol. The van der Waals surface area contributed by atoms with Gasteiger partial charge >= 0.3 is 0 Å². The summed E-state index contributed by atoms with van der Waals surface area (Å²) in [6.07, 6.45) is 6.90. The molecule has 0 aromatic heterocycles. The minimum atomic E-state index is 0.226. The second-order valence-corrected chi connectivity index (χ2v) is 7.26. The van der Waals surface area contributed by atoms with Crippen molar-refractivity contribution in [3.8, 4) is 0 Å². The van der Waals surface area contributed by atoms with Crippen molar-refractivity contribution in [3.05, 3.63) is 34.9 Å². The molecule has 2 fully saturated rings. The molecular weight excluding hydrogens is 296 g/mol. The molecule has 0 bridgehead atoms. The fourth-order valence-electron chi connectivity index (χ4n) is 3.79. The minimum absolute atomic E-state index is 0.226. The predicted octanol–water partition coefficient (Wildman–Crippen LogP) is 2.19. The molecule has 1 aliphatic heterocycles. The Kier molecular flexibility index (Phi) is 5.37. The van der Waals surface area contributed by atoms with Crippen LogP contribution in [0, 0.1) is 5.92 Å². The average Bonchev–Trinajstić information content (AvgIpc) is 3.01. The van der Waals surface area contributed by atoms with E-state index in [1.54, 1.807) is 4.90 Å². The molecule has 1 saturated heterocycles. The number of rotatable bonds is 4. The van der Waals surface area contributed by atoms with E-state index in [0.29, 0.717) is 11.9 Å². The summed E-state index contributed by atoms with van der Waals surface area (Å²) in [6.45, 7) is 3.17. The van der Waals surface area contributed by atoms with Crippen molar-refractivity contribution in [1.29, 1.82) is 0 Å². The first-order valence-electron chi connectivity index (χ1n) is 8.59. The third kappa shape index (κ3) is 4.23. The lowest BCUT2D eigenvalue weighted by molar-refractivity contribution is -0.919. The topological polar surface area (TPSA) is 33.5 Å². The zero-order valence-electron chi connectivity index (χ0n) is 13.1. The number of hydrogen-bond acceptors (Lipinski definition) is 1. The Morgan fingerprint density at radius 1 is 1.18 bits per heavy atom. The van der Waals surface area contributed by atoms with E-state index in [0.717, 1.165) is 37.5 Å². The van der Waals surface area contributed by atoms with Gasteiger partial charge in [0.25, 0.3) is 0 Å². The highest BCUT2D eigenvalue weighted by Crippen LogP contribution is 2.19. The molecule has 0 spiro atoms. The molecule has 0 atom stereocenters. The van der Waals surface area contributed by atoms with Gasteiger partial charge in [-0.25, -0.2) is 0 Å². The van der Waals surface area contributed by atoms with Crippen LogP contribution in [-0.4, -0.2) is 25.0 Å². The lowest BCUT2D eigenvalue weighted by Crippen LogP contribution is -3.11. The van der Waals surface area contributed by atoms with Crippen LogP contribution in [0.1, 0.15) is 44.1 Å². The van der Waals surface area contributed by atoms with E-state index < -0.39 is 0 Å². The first kappa shape index (κ1) is 15.8. The van der Waals surface area contributed by atoms with E-state index >= 15 is 0 Å². The number of carbonyl (C=O) groups is 1. The first-order chi connectivity index (χ1) is 10.7. The van der Waals surface area contributed by atoms with Gasteiger partial charge in [-0.2, -0.15) is 0 Å². The third-order valence-corrected chi connectivity index (χ3v) is 5.34. The van der Waals surface area contributed by atoms with Gasteiger partial charge in [0.15, 0.2) is 0 Å². The highest BCUT2D eigenvalue weighted by Gasteiger charge is 2.29. The minimum Gasteiger partial charge on any atom is -0.353 e. The van der Waals surface area contributed by atoms with Crippen LogP contribution in [0.4, 0.5) is 0 Å². The second-order valence-electron chi connectivity index (χ2n) is 6.82. The number of quaternary nitrogens is 1. The van der Waals surface area contributed by atoms with Crippen molar-refractivity contribution in [2.24, 2.45) is 5.92 Å². The molecule has 1 heterocycles. The van der Waals surface area contributed by atoms with Crippen molar-refractivity contribution < 1.29 is 9.69 Å². The van der Waals surface area contributed by atoms with Crippen LogP contribution in [0.5, 0.6) is 0 Å². The summed E-state index contributed by atoms with van der Waals surface area (Å²) in [5.41, 5.74) is 1.29. The maximum absolute atomic E-state index is 12.3. The van der Waals surface area contributed by atoms with Crippen LogP contribution in [0.2, 0.25) is 5.02 Å². The highest BCUT2D eigenvalue weighted by molar-refractivity contribution is 6.30. The van der Waals surface area contributed by atoms with Crippen molar-refractivity contribution >= 4 is 17.5 Å². The summed E-state index contributed by atoms with van der Waals surface area (Å²) < 4.78 is 0. The van der Waals surface area contributed by atoms with Gasteiger partial charge in [-0.05, 0) is 25.0 Å². The SMILES string of the molecule is O=C(NC1CCCC1)C1CC[NH+](Cc2cccc(Cl)c2)CC1. The molecule has 1 amide bonds. The quantitative estimate of drug-likeness (QED) is 0.876. The first-order valence-corrected chi connectivity index (χ1v) is 8.97. The van der Waals surface area contributed by atoms with Crippen LogP contribution in [0.3, 0.4) is 0 Å². The second kappa shape index (κ2) is 7.47. The Morgan fingerprint density at radius 3 is 2.59 bits per heavy atom. The fraction of sp³-hybridized carbons (Fsp3) is 0.611. The lowest BCUT2D eigenvalue weighted by atomic mass is 9.95. The molecule has 2 N–H and O–H groups in total. The van der Waals surface area contributed by atoms with Gasteiger partial charge < -0.3 is 10.2 Å². The lowest BCUT2D eigenvalue weighted by Gasteiger charge is -2.29. The number of amides is 1. The Hall–Kier alpha value is -1.06. The zero-order chi connectivity index (χ0) is 15.4. The van der Waals surface area contributed by atoms with Crippen LogP contribution >= 0.6 is 11.6 Å². The number of benzene rings is 1. The molecule has 0 radical (unpaired) electrons. The maximum atomic E-state index is 12.3. The van der Waals surface area contributed by atoms with Crippen molar-refractivity contribution in [3.63, 3.8) is 0 Å². The smallest absolute Gasteiger partial charge is 0.223 e. The van der Waals surface area contributed by atoms with Crippen LogP contribution in [0.15, 0.2) is 24.3 Å². The third-order valence-electron chi connectivity index (χ3n) is 5.11. The van der Waals surface area contributed by atoms with Crippen LogP contribution < -0.4 is 10.2 Å². The van der Waals surface area contributed by atoms with E-state index in [2.05, 4.69) is 11.4 Å². The number of nitrogens with one attached hydrogen (secondary N) is 2. The maximum Gasteiger partial charge on any atom is 0.223 e. The van der Waals surface area contributed by atoms with Gasteiger partial charge in [-0.3, -0.25) is 4.79 Å². The van der Waals surface area contributed by atoms with Crippen molar-refractivity contribution in [2.75, 3.05) is 13.1 Å². The Balaban J connectivity index is 1.44. The molecule has 0 unspecified atom stereocenters. The molecule has 22 heavy (non-hydrogen) atoms. The summed E-state index contributed by atoms with van der Waals surface area (Å²) in [5, 5.41) is 4.06. The molecule has 1 aliphatic carbocycles. The van der Waals surface area contributed by atoms with Gasteiger partial charge in [0, 0.05) is 35.4 Å². The normalized spacial score (nSPS) is 26.0.